The molecule has 4 aromatic rings. The van der Waals surface area contributed by atoms with E-state index in [0.717, 1.165) is 58.9 Å². The Kier molecular flexibility index (Phi) is 34.2. The first-order chi connectivity index (χ1) is 53.8. The van der Waals surface area contributed by atoms with Gasteiger partial charge in [-0.2, -0.15) is 0 Å². The molecule has 0 saturated carbocycles. The van der Waals surface area contributed by atoms with Crippen molar-refractivity contribution >= 4 is 93.5 Å². The molecule has 0 aliphatic carbocycles. The zero-order valence-corrected chi connectivity index (χ0v) is 65.0. The lowest BCUT2D eigenvalue weighted by Gasteiger charge is -2.34. The van der Waals surface area contributed by atoms with E-state index in [1.807, 2.05) is 57.6 Å². The van der Waals surface area contributed by atoms with Gasteiger partial charge in [-0.25, -0.2) is 0 Å². The van der Waals surface area contributed by atoms with Gasteiger partial charge in [0.1, 0.15) is 5.75 Å². The molecular weight excluding hydrogens is 1440 g/mol. The molecule has 1 unspecified atom stereocenters. The van der Waals surface area contributed by atoms with Gasteiger partial charge in [-0.15, -0.1) is 0 Å². The van der Waals surface area contributed by atoms with E-state index in [1.54, 1.807) is 67.3 Å². The van der Waals surface area contributed by atoms with Gasteiger partial charge in [-0.3, -0.25) is 53.2 Å². The Morgan fingerprint density at radius 1 is 0.562 bits per heavy atom. The van der Waals surface area contributed by atoms with E-state index in [-0.39, 0.29) is 124 Å². The zero-order chi connectivity index (χ0) is 78.6. The Labute approximate surface area is 657 Å². The predicted octanol–water partition coefficient (Wildman–Crippen LogP) is 8.28. The molecule has 4 aromatic carbocycles. The number of imide groups is 1. The molecule has 5 atom stereocenters. The minimum atomic E-state index is -0.785. The fourth-order valence-corrected chi connectivity index (χ4v) is 13.4. The lowest BCUT2D eigenvalue weighted by atomic mass is 9.92. The molecule has 112 heavy (non-hydrogen) atoms. The fourth-order valence-electron chi connectivity index (χ4n) is 13.4. The number of benzene rings is 4. The summed E-state index contributed by atoms with van der Waals surface area (Å²) >= 11 is 0. The molecule has 0 radical (unpaired) electrons. The van der Waals surface area contributed by atoms with Gasteiger partial charge in [0.05, 0.1) is 167 Å². The van der Waals surface area contributed by atoms with Crippen molar-refractivity contribution in [3.63, 3.8) is 0 Å². The molecule has 29 nitrogen and oxygen atoms in total. The third-order valence-electron chi connectivity index (χ3n) is 19.8. The number of anilines is 2. The molecule has 7 amide bonds. The highest BCUT2D eigenvalue weighted by Gasteiger charge is 2.38. The number of piperazine rings is 1. The largest absolute Gasteiger partial charge is 0.493 e. The minimum absolute atomic E-state index is 0. The molecule has 6 heterocycles. The van der Waals surface area contributed by atoms with Gasteiger partial charge < -0.3 is 87.7 Å². The molecule has 2 fully saturated rings. The van der Waals surface area contributed by atoms with E-state index < -0.39 is 12.0 Å². The lowest BCUT2D eigenvalue weighted by Crippen LogP contribution is -2.45. The average Bonchev–Trinajstić information content (AvgIpc) is 1.61. The highest BCUT2D eigenvalue weighted by Crippen LogP contribution is 2.41. The van der Waals surface area contributed by atoms with Crippen molar-refractivity contribution in [3.05, 3.63) is 113 Å². The third-order valence-corrected chi connectivity index (χ3v) is 19.8. The summed E-state index contributed by atoms with van der Waals surface area (Å²) in [4.78, 5) is 123. The number of ketones is 1. The van der Waals surface area contributed by atoms with Crippen molar-refractivity contribution in [1.29, 1.82) is 0 Å². The molecule has 3 N–H and O–H groups in total. The lowest BCUT2D eigenvalue weighted by molar-refractivity contribution is -0.139. The number of likely N-dealkylation sites (tertiary alicyclic amines) is 1. The summed E-state index contributed by atoms with van der Waals surface area (Å²) < 4.78 is 62.4. The Hall–Kier alpha value is -9.30. The van der Waals surface area contributed by atoms with Gasteiger partial charge in [-0.05, 0) is 84.1 Å². The number of carbonyl (C=O) groups is 8. The van der Waals surface area contributed by atoms with Crippen molar-refractivity contribution in [2.24, 2.45) is 27.7 Å². The van der Waals surface area contributed by atoms with Gasteiger partial charge >= 0.3 is 0 Å². The number of nitrogens with zero attached hydrogens (tertiary/aromatic N) is 7. The predicted molar refractivity (Wildman–Crippen MR) is 424 cm³/mol. The highest BCUT2D eigenvalue weighted by atomic mass is 16.6. The second-order valence-corrected chi connectivity index (χ2v) is 28.5. The summed E-state index contributed by atoms with van der Waals surface area (Å²) in [5.74, 6) is -1.70. The maximum atomic E-state index is 14.2. The molecular formula is C83H112N10O19. The average molecular weight is 1550 g/mol. The van der Waals surface area contributed by atoms with Crippen LogP contribution in [0.15, 0.2) is 95.2 Å². The monoisotopic (exact) mass is 1550 g/mol. The second kappa shape index (κ2) is 44.2. The summed E-state index contributed by atoms with van der Waals surface area (Å²) in [5.41, 5.74) is 8.43. The van der Waals surface area contributed by atoms with Crippen LogP contribution in [0.2, 0.25) is 0 Å². The van der Waals surface area contributed by atoms with E-state index >= 15 is 0 Å². The van der Waals surface area contributed by atoms with Crippen LogP contribution in [0.25, 0.3) is 11.1 Å². The SMILES string of the molecule is C.COc1cc2c(cc1OCCCOc1cc3c(cc1C)C(=O)N1C=C(c4ccc(NC(=O)[C@H](C)CC(=O)[C@@H](NC(=O)CCOCCOCCOCCOCCOCCOCCOCCOCCNC(=O)CCN5C(=O)CC(C)C5=O)C(C)C)cc4)C[C@H]1C=N3)N=C[C@@H]1CC(c3ccc(N4CCN(C)CC4)cc3)=CN1C2=O. The zero-order valence-electron chi connectivity index (χ0n) is 65.0. The third kappa shape index (κ3) is 25.1. The summed E-state index contributed by atoms with van der Waals surface area (Å²) in [6.07, 6.45) is 9.36. The molecule has 0 aromatic heterocycles. The van der Waals surface area contributed by atoms with Crippen molar-refractivity contribution in [2.75, 3.05) is 183 Å². The number of fused-ring (bicyclic) bond motifs is 4. The van der Waals surface area contributed by atoms with Crippen LogP contribution in [0.1, 0.15) is 117 Å². The number of aliphatic imine (C=N–C) groups is 2. The molecule has 0 bridgehead atoms. The molecule has 10 rings (SSSR count). The highest BCUT2D eigenvalue weighted by molar-refractivity contribution is 6.07. The smallest absolute Gasteiger partial charge is 0.260 e. The quantitative estimate of drug-likeness (QED) is 0.0277. The van der Waals surface area contributed by atoms with Crippen LogP contribution in [0.4, 0.5) is 22.7 Å². The Bertz CT molecular complexity index is 3950. The van der Waals surface area contributed by atoms with Crippen LogP contribution in [-0.4, -0.2) is 270 Å². The van der Waals surface area contributed by atoms with E-state index in [4.69, 9.17) is 62.1 Å². The Morgan fingerprint density at radius 3 is 1.56 bits per heavy atom. The van der Waals surface area contributed by atoms with Gasteiger partial charge in [0, 0.05) is 144 Å². The number of aryl methyl sites for hydroxylation is 1. The van der Waals surface area contributed by atoms with Crippen molar-refractivity contribution in [1.82, 2.24) is 30.2 Å². The van der Waals surface area contributed by atoms with Crippen LogP contribution in [0.3, 0.4) is 0 Å². The van der Waals surface area contributed by atoms with Crippen molar-refractivity contribution in [3.8, 4) is 17.2 Å². The maximum Gasteiger partial charge on any atom is 0.260 e. The first-order valence-corrected chi connectivity index (χ1v) is 38.6. The number of hydrogen-bond donors (Lipinski definition) is 3. The number of carbonyl (C=O) groups excluding carboxylic acids is 8. The van der Waals surface area contributed by atoms with Gasteiger partial charge in [0.2, 0.25) is 29.5 Å². The van der Waals surface area contributed by atoms with Crippen LogP contribution in [-0.2, 0) is 66.7 Å². The van der Waals surface area contributed by atoms with Crippen LogP contribution < -0.4 is 35.1 Å². The van der Waals surface area contributed by atoms with Crippen molar-refractivity contribution < 1.29 is 90.5 Å². The summed E-state index contributed by atoms with van der Waals surface area (Å²) in [7, 11) is 3.70. The van der Waals surface area contributed by atoms with E-state index in [1.165, 1.54) is 5.69 Å². The summed E-state index contributed by atoms with van der Waals surface area (Å²) in [6.45, 7) is 19.8. The van der Waals surface area contributed by atoms with Crippen molar-refractivity contribution in [2.45, 2.75) is 105 Å². The topological polar surface area (TPSA) is 315 Å². The number of likely N-dealkylation sites (N-methyl/N-ethyl adjacent to an activating group) is 1. The van der Waals surface area contributed by atoms with Crippen LogP contribution in [0, 0.1) is 24.7 Å². The van der Waals surface area contributed by atoms with E-state index in [2.05, 4.69) is 57.1 Å². The van der Waals surface area contributed by atoms with Crippen LogP contribution in [0.5, 0.6) is 17.2 Å². The summed E-state index contributed by atoms with van der Waals surface area (Å²) in [5, 5.41) is 8.47. The number of hydrogen-bond acceptors (Lipinski definition) is 23. The van der Waals surface area contributed by atoms with Crippen LogP contribution >= 0.6 is 0 Å². The Morgan fingerprint density at radius 2 is 1.05 bits per heavy atom. The first-order valence-electron chi connectivity index (χ1n) is 38.6. The number of amides is 7. The standard InChI is InChI=1S/C82H108N10O19.CH4/c1-55(2)78(87-76(95)18-27-102-29-31-104-33-35-106-37-39-108-41-42-109-40-38-107-36-34-105-32-30-103-28-19-83-75(94)17-20-90-77(96)45-58(5)80(90)98)71(93)44-57(4)79(97)86-63-13-9-59(10-14-63)61-46-65-51-84-69-49-72(56(3)43-67(69)81(99)91(65)53-61)110-25-8-26-111-74-50-70-68(48-73(74)101-7)82(100)92-54-62(47-66(92)52-85-70)60-11-15-64(16-12-60)89-23-21-88(6)22-24-89;/h9-16,43,48-55,57-58,65-66,78H,8,17-42,44-47H2,1-7H3,(H,83,94)(H,86,97)(H,87,95);1H4/t57-,58?,65+,66+,78+;/m1./s1. The number of Topliss-reactive ketones (excluding diaryl/α,β-unsaturated/α-hetero) is 1. The number of rotatable bonds is 47. The summed E-state index contributed by atoms with van der Waals surface area (Å²) in [6, 6.07) is 21.7. The van der Waals surface area contributed by atoms with Gasteiger partial charge in [0.25, 0.3) is 11.8 Å². The van der Waals surface area contributed by atoms with E-state index in [9.17, 15) is 38.4 Å². The number of methoxy groups -OCH3 is 1. The molecule has 0 spiro atoms. The first kappa shape index (κ1) is 86.7. The minimum Gasteiger partial charge on any atom is -0.493 e. The molecule has 2 saturated heterocycles. The van der Waals surface area contributed by atoms with Gasteiger partial charge in [0.15, 0.2) is 17.3 Å². The molecule has 6 aliphatic rings. The number of nitrogens with one attached hydrogen (secondary N) is 3. The molecule has 6 aliphatic heterocycles. The van der Waals surface area contributed by atoms with Gasteiger partial charge in [-0.1, -0.05) is 59.4 Å². The van der Waals surface area contributed by atoms with E-state index in [0.29, 0.717) is 177 Å². The Balaban J connectivity index is 0.0000144. The second-order valence-electron chi connectivity index (χ2n) is 28.5. The number of ether oxygens (including phenoxy) is 11. The fraction of sp³-hybridized carbons (Fsp3) is 0.542. The molecule has 29 heteroatoms. The molecule has 608 valence electrons. The maximum absolute atomic E-state index is 14.2. The normalized spacial score (nSPS) is 17.8.